The summed E-state index contributed by atoms with van der Waals surface area (Å²) >= 11 is 5.41. The number of rotatable bonds is 5. The Bertz CT molecular complexity index is 643. The second-order valence-corrected chi connectivity index (χ2v) is 7.33. The molecule has 23 heavy (non-hydrogen) atoms. The molecule has 1 unspecified atom stereocenters. The van der Waals surface area contributed by atoms with E-state index in [1.54, 1.807) is 19.5 Å². The number of nitrogens with one attached hydrogen (secondary N) is 1. The van der Waals surface area contributed by atoms with E-state index in [4.69, 9.17) is 4.74 Å². The lowest BCUT2D eigenvalue weighted by molar-refractivity contribution is 0.411. The molecule has 1 aromatic heterocycles. The molecule has 1 N–H and O–H groups in total. The zero-order valence-electron chi connectivity index (χ0n) is 12.9. The van der Waals surface area contributed by atoms with E-state index in [-0.39, 0.29) is 0 Å². The fourth-order valence-electron chi connectivity index (χ4n) is 2.54. The van der Waals surface area contributed by atoms with Crippen LogP contribution < -0.4 is 15.0 Å². The topological polar surface area (TPSA) is 50.3 Å². The van der Waals surface area contributed by atoms with Crippen molar-refractivity contribution in [1.82, 2.24) is 15.3 Å². The third-order valence-electron chi connectivity index (χ3n) is 3.70. The normalized spacial score (nSPS) is 18.0. The molecule has 0 amide bonds. The van der Waals surface area contributed by atoms with Crippen LogP contribution in [0.4, 0.5) is 5.82 Å². The van der Waals surface area contributed by atoms with Crippen molar-refractivity contribution >= 4 is 33.5 Å². The van der Waals surface area contributed by atoms with Crippen LogP contribution in [0.1, 0.15) is 5.56 Å². The van der Waals surface area contributed by atoms with Crippen molar-refractivity contribution in [1.29, 1.82) is 0 Å². The molecule has 5 nitrogen and oxygen atoms in total. The highest BCUT2D eigenvalue weighted by Gasteiger charge is 2.21. The van der Waals surface area contributed by atoms with Crippen LogP contribution in [-0.4, -0.2) is 42.1 Å². The van der Waals surface area contributed by atoms with Gasteiger partial charge < -0.3 is 15.0 Å². The molecular formula is C16H19BrN4OS. The molecule has 0 aliphatic carbocycles. The lowest BCUT2D eigenvalue weighted by atomic mass is 10.2. The minimum atomic E-state index is 0.356. The lowest BCUT2D eigenvalue weighted by Crippen LogP contribution is -2.49. The molecule has 1 aromatic carbocycles. The molecule has 1 aliphatic heterocycles. The van der Waals surface area contributed by atoms with Crippen LogP contribution in [-0.2, 0) is 5.75 Å². The van der Waals surface area contributed by atoms with Crippen molar-refractivity contribution < 1.29 is 4.74 Å². The largest absolute Gasteiger partial charge is 0.496 e. The number of nitrogens with zero attached hydrogens (tertiary/aromatic N) is 3. The number of halogens is 1. The molecule has 1 fully saturated rings. The summed E-state index contributed by atoms with van der Waals surface area (Å²) in [7, 11) is 1.71. The van der Waals surface area contributed by atoms with Crippen molar-refractivity contribution in [2.75, 3.05) is 31.6 Å². The third-order valence-corrected chi connectivity index (χ3v) is 5.38. The van der Waals surface area contributed by atoms with Gasteiger partial charge in [0.1, 0.15) is 11.6 Å². The van der Waals surface area contributed by atoms with Crippen LogP contribution in [0.25, 0.3) is 0 Å². The van der Waals surface area contributed by atoms with Gasteiger partial charge in [-0.25, -0.2) is 4.98 Å². The number of benzene rings is 1. The Morgan fingerprint density at radius 1 is 1.43 bits per heavy atom. The molecule has 1 saturated heterocycles. The van der Waals surface area contributed by atoms with E-state index in [1.807, 2.05) is 30.1 Å². The summed E-state index contributed by atoms with van der Waals surface area (Å²) in [6.45, 7) is 2.82. The highest BCUT2D eigenvalue weighted by molar-refractivity contribution is 9.10. The van der Waals surface area contributed by atoms with Crippen molar-refractivity contribution in [3.8, 4) is 5.75 Å². The zero-order chi connectivity index (χ0) is 16.1. The van der Waals surface area contributed by atoms with Gasteiger partial charge in [-0.2, -0.15) is 0 Å². The van der Waals surface area contributed by atoms with E-state index in [0.29, 0.717) is 5.37 Å². The van der Waals surface area contributed by atoms with Gasteiger partial charge in [0.15, 0.2) is 0 Å². The Morgan fingerprint density at radius 3 is 3.13 bits per heavy atom. The van der Waals surface area contributed by atoms with Crippen LogP contribution in [0, 0.1) is 0 Å². The molecular weight excluding hydrogens is 376 g/mol. The number of anilines is 1. The van der Waals surface area contributed by atoms with Crippen molar-refractivity contribution in [3.63, 3.8) is 0 Å². The van der Waals surface area contributed by atoms with Crippen molar-refractivity contribution in [2.24, 2.45) is 0 Å². The number of piperazine rings is 1. The Balaban J connectivity index is 1.61. The molecule has 1 aliphatic rings. The maximum absolute atomic E-state index is 5.45. The number of hydrogen-bond donors (Lipinski definition) is 1. The SMILES string of the molecule is COc1ccc(Br)cc1CSC1CN(c2cnccn2)CCN1. The third kappa shape index (κ3) is 4.37. The molecule has 7 heteroatoms. The predicted octanol–water partition coefficient (Wildman–Crippen LogP) is 2.92. The van der Waals surface area contributed by atoms with Gasteiger partial charge in [0.05, 0.1) is 18.7 Å². The Hall–Kier alpha value is -1.31. The standard InChI is InChI=1S/C16H19BrN4OS/c1-22-14-3-2-13(17)8-12(14)11-23-16-10-21(7-6-20-16)15-9-18-4-5-19-15/h2-5,8-9,16,20H,6-7,10-11H2,1H3. The Morgan fingerprint density at radius 2 is 2.35 bits per heavy atom. The Labute approximate surface area is 149 Å². The summed E-state index contributed by atoms with van der Waals surface area (Å²) in [5.74, 6) is 2.77. The van der Waals surface area contributed by atoms with E-state index in [1.165, 1.54) is 5.56 Å². The molecule has 0 spiro atoms. The second-order valence-electron chi connectivity index (χ2n) is 5.22. The molecule has 2 aromatic rings. The lowest BCUT2D eigenvalue weighted by Gasteiger charge is -2.34. The van der Waals surface area contributed by atoms with Crippen LogP contribution in [0.3, 0.4) is 0 Å². The molecule has 3 rings (SSSR count). The number of hydrogen-bond acceptors (Lipinski definition) is 6. The van der Waals surface area contributed by atoms with Gasteiger partial charge in [0, 0.05) is 47.8 Å². The molecule has 1 atom stereocenters. The van der Waals surface area contributed by atoms with Crippen LogP contribution in [0.2, 0.25) is 0 Å². The summed E-state index contributed by atoms with van der Waals surface area (Å²) in [4.78, 5) is 10.8. The van der Waals surface area contributed by atoms with Gasteiger partial charge in [0.25, 0.3) is 0 Å². The fourth-order valence-corrected chi connectivity index (χ4v) is 4.08. The maximum Gasteiger partial charge on any atom is 0.147 e. The van der Waals surface area contributed by atoms with Gasteiger partial charge in [0.2, 0.25) is 0 Å². The minimum Gasteiger partial charge on any atom is -0.496 e. The summed E-state index contributed by atoms with van der Waals surface area (Å²) in [6, 6.07) is 6.12. The van der Waals surface area contributed by atoms with Gasteiger partial charge in [-0.05, 0) is 18.2 Å². The van der Waals surface area contributed by atoms with Gasteiger partial charge >= 0.3 is 0 Å². The van der Waals surface area contributed by atoms with Crippen LogP contribution >= 0.6 is 27.7 Å². The maximum atomic E-state index is 5.45. The van der Waals surface area contributed by atoms with Gasteiger partial charge in [-0.3, -0.25) is 4.98 Å². The van der Waals surface area contributed by atoms with Crippen molar-refractivity contribution in [3.05, 3.63) is 46.8 Å². The summed E-state index contributed by atoms with van der Waals surface area (Å²) in [5, 5.41) is 3.92. The average Bonchev–Trinajstić information content (AvgIpc) is 2.61. The van der Waals surface area contributed by atoms with Crippen LogP contribution in [0.15, 0.2) is 41.3 Å². The average molecular weight is 395 g/mol. The quantitative estimate of drug-likeness (QED) is 0.840. The van der Waals surface area contributed by atoms with E-state index >= 15 is 0 Å². The molecule has 2 heterocycles. The van der Waals surface area contributed by atoms with Crippen LogP contribution in [0.5, 0.6) is 5.75 Å². The first kappa shape index (κ1) is 16.5. The highest BCUT2D eigenvalue weighted by Crippen LogP contribution is 2.29. The first-order chi connectivity index (χ1) is 11.3. The number of methoxy groups -OCH3 is 1. The first-order valence-corrected chi connectivity index (χ1v) is 9.29. The first-order valence-electron chi connectivity index (χ1n) is 7.44. The number of thioether (sulfide) groups is 1. The van der Waals surface area contributed by atoms with Gasteiger partial charge in [-0.15, -0.1) is 11.8 Å². The summed E-state index contributed by atoms with van der Waals surface area (Å²) in [5.41, 5.74) is 1.20. The fraction of sp³-hybridized carbons (Fsp3) is 0.375. The van der Waals surface area contributed by atoms with Crippen molar-refractivity contribution in [2.45, 2.75) is 11.1 Å². The van der Waals surface area contributed by atoms with Gasteiger partial charge in [-0.1, -0.05) is 15.9 Å². The molecule has 122 valence electrons. The van der Waals surface area contributed by atoms with E-state index in [0.717, 1.165) is 41.4 Å². The monoisotopic (exact) mass is 394 g/mol. The number of ether oxygens (including phenoxy) is 1. The Kier molecular flexibility index (Phi) is 5.75. The highest BCUT2D eigenvalue weighted by atomic mass is 79.9. The van der Waals surface area contributed by atoms with E-state index < -0.39 is 0 Å². The minimum absolute atomic E-state index is 0.356. The zero-order valence-corrected chi connectivity index (χ0v) is 15.3. The molecule has 0 radical (unpaired) electrons. The second kappa shape index (κ2) is 7.99. The van der Waals surface area contributed by atoms with E-state index in [9.17, 15) is 0 Å². The molecule has 0 bridgehead atoms. The smallest absolute Gasteiger partial charge is 0.147 e. The predicted molar refractivity (Wildman–Crippen MR) is 98.0 cm³/mol. The molecule has 0 saturated carbocycles. The summed E-state index contributed by atoms with van der Waals surface area (Å²) in [6.07, 6.45) is 5.27. The summed E-state index contributed by atoms with van der Waals surface area (Å²) < 4.78 is 6.52. The van der Waals surface area contributed by atoms with E-state index in [2.05, 4.69) is 42.2 Å². The number of aromatic nitrogens is 2.